The molecule has 5 nitrogen and oxygen atoms in total. The highest BCUT2D eigenvalue weighted by molar-refractivity contribution is 6.07. The molecule has 0 saturated heterocycles. The van der Waals surface area contributed by atoms with Gasteiger partial charge in [-0.15, -0.1) is 0 Å². The van der Waals surface area contributed by atoms with Crippen LogP contribution in [0.5, 0.6) is 5.75 Å². The third-order valence-corrected chi connectivity index (χ3v) is 4.64. The predicted octanol–water partition coefficient (Wildman–Crippen LogP) is 3.78. The third-order valence-electron chi connectivity index (χ3n) is 4.64. The van der Waals surface area contributed by atoms with E-state index in [2.05, 4.69) is 0 Å². The van der Waals surface area contributed by atoms with E-state index in [0.717, 1.165) is 12.8 Å². The van der Waals surface area contributed by atoms with Crippen molar-refractivity contribution in [3.05, 3.63) is 30.2 Å². The zero-order chi connectivity index (χ0) is 14.6. The molecule has 5 heteroatoms. The smallest absolute Gasteiger partial charge is 0.314 e. The fourth-order valence-corrected chi connectivity index (χ4v) is 3.65. The summed E-state index contributed by atoms with van der Waals surface area (Å²) in [7, 11) is 0. The van der Waals surface area contributed by atoms with Crippen LogP contribution in [-0.2, 0) is 10.2 Å². The quantitative estimate of drug-likeness (QED) is 0.749. The lowest BCUT2D eigenvalue weighted by atomic mass is 9.76. The summed E-state index contributed by atoms with van der Waals surface area (Å²) in [5.74, 6) is -0.841. The van der Waals surface area contributed by atoms with Crippen molar-refractivity contribution in [3.8, 4) is 5.75 Å². The molecule has 1 fully saturated rings. The molecule has 108 valence electrons. The molecule has 3 aromatic rings. The molecule has 2 aromatic heterocycles. The number of furan rings is 2. The van der Waals surface area contributed by atoms with Gasteiger partial charge in [-0.25, -0.2) is 0 Å². The number of carboxylic acid groups (broad SMARTS) is 1. The number of rotatable bonds is 2. The van der Waals surface area contributed by atoms with E-state index in [1.54, 1.807) is 12.1 Å². The number of carboxylic acids is 1. The Morgan fingerprint density at radius 2 is 1.67 bits per heavy atom. The van der Waals surface area contributed by atoms with Gasteiger partial charge in [-0.1, -0.05) is 12.8 Å². The molecule has 0 atom stereocenters. The minimum atomic E-state index is -0.966. The summed E-state index contributed by atoms with van der Waals surface area (Å²) in [5, 5.41) is 21.2. The lowest BCUT2D eigenvalue weighted by Crippen LogP contribution is -2.33. The highest BCUT2D eigenvalue weighted by Gasteiger charge is 2.46. The average Bonchev–Trinajstić information content (AvgIpc) is 3.20. The van der Waals surface area contributed by atoms with E-state index < -0.39 is 11.4 Å². The van der Waals surface area contributed by atoms with Gasteiger partial charge in [-0.3, -0.25) is 4.79 Å². The second-order valence-electron chi connectivity index (χ2n) is 5.64. The van der Waals surface area contributed by atoms with Crippen LogP contribution in [0.25, 0.3) is 21.9 Å². The summed E-state index contributed by atoms with van der Waals surface area (Å²) in [6, 6.07) is 3.34. The normalized spacial score (nSPS) is 17.7. The number of aliphatic carboxylic acids is 1. The molecule has 1 aliphatic carbocycles. The van der Waals surface area contributed by atoms with Crippen molar-refractivity contribution in [2.24, 2.45) is 0 Å². The Kier molecular flexibility index (Phi) is 2.37. The van der Waals surface area contributed by atoms with Crippen LogP contribution >= 0.6 is 0 Å². The molecule has 0 aliphatic heterocycles. The number of aromatic hydroxyl groups is 1. The first-order valence-corrected chi connectivity index (χ1v) is 6.98. The second-order valence-corrected chi connectivity index (χ2v) is 5.64. The SMILES string of the molecule is O=C(O)C1(c2c3ccoc3c(O)c3ccoc23)CCCC1. The first kappa shape index (κ1) is 12.3. The van der Waals surface area contributed by atoms with Crippen LogP contribution in [0.1, 0.15) is 31.2 Å². The minimum absolute atomic E-state index is 0.000959. The maximum Gasteiger partial charge on any atom is 0.314 e. The maximum atomic E-state index is 12.0. The molecule has 1 aliphatic rings. The molecule has 0 bridgehead atoms. The van der Waals surface area contributed by atoms with Crippen LogP contribution in [0.15, 0.2) is 33.5 Å². The van der Waals surface area contributed by atoms with E-state index in [4.69, 9.17) is 8.83 Å². The summed E-state index contributed by atoms with van der Waals surface area (Å²) in [5.41, 5.74) is 0.442. The molecule has 2 N–H and O–H groups in total. The van der Waals surface area contributed by atoms with Crippen molar-refractivity contribution in [1.29, 1.82) is 0 Å². The van der Waals surface area contributed by atoms with Gasteiger partial charge in [0.2, 0.25) is 0 Å². The molecule has 2 heterocycles. The minimum Gasteiger partial charge on any atom is -0.504 e. The van der Waals surface area contributed by atoms with E-state index >= 15 is 0 Å². The van der Waals surface area contributed by atoms with E-state index in [-0.39, 0.29) is 5.75 Å². The lowest BCUT2D eigenvalue weighted by Gasteiger charge is -2.25. The Morgan fingerprint density at radius 3 is 2.33 bits per heavy atom. The van der Waals surface area contributed by atoms with Crippen molar-refractivity contribution in [1.82, 2.24) is 0 Å². The predicted molar refractivity (Wildman–Crippen MR) is 75.4 cm³/mol. The summed E-state index contributed by atoms with van der Waals surface area (Å²) in [4.78, 5) is 12.0. The van der Waals surface area contributed by atoms with Gasteiger partial charge in [-0.05, 0) is 25.0 Å². The van der Waals surface area contributed by atoms with Crippen LogP contribution in [0.2, 0.25) is 0 Å². The molecule has 1 saturated carbocycles. The number of hydrogen-bond acceptors (Lipinski definition) is 4. The average molecular weight is 286 g/mol. The Bertz CT molecular complexity index is 796. The summed E-state index contributed by atoms with van der Waals surface area (Å²) < 4.78 is 10.9. The van der Waals surface area contributed by atoms with Gasteiger partial charge >= 0.3 is 5.97 Å². The number of hydrogen-bond donors (Lipinski definition) is 2. The molecule has 0 amide bonds. The van der Waals surface area contributed by atoms with Gasteiger partial charge in [0.15, 0.2) is 11.3 Å². The number of fused-ring (bicyclic) bond motifs is 2. The molecule has 0 radical (unpaired) electrons. The van der Waals surface area contributed by atoms with Gasteiger partial charge in [-0.2, -0.15) is 0 Å². The van der Waals surface area contributed by atoms with Gasteiger partial charge in [0.25, 0.3) is 0 Å². The van der Waals surface area contributed by atoms with Gasteiger partial charge in [0.05, 0.1) is 23.3 Å². The highest BCUT2D eigenvalue weighted by Crippen LogP contribution is 2.50. The van der Waals surface area contributed by atoms with Crippen molar-refractivity contribution in [3.63, 3.8) is 0 Å². The Morgan fingerprint density at radius 1 is 1.05 bits per heavy atom. The van der Waals surface area contributed by atoms with Crippen LogP contribution in [0.4, 0.5) is 0 Å². The summed E-state index contributed by atoms with van der Waals surface area (Å²) >= 11 is 0. The fraction of sp³-hybridized carbons (Fsp3) is 0.312. The largest absolute Gasteiger partial charge is 0.504 e. The number of phenols is 1. The van der Waals surface area contributed by atoms with Crippen molar-refractivity contribution < 1.29 is 23.8 Å². The number of carbonyl (C=O) groups is 1. The zero-order valence-electron chi connectivity index (χ0n) is 11.3. The first-order valence-electron chi connectivity index (χ1n) is 6.98. The van der Waals surface area contributed by atoms with Gasteiger partial charge in [0.1, 0.15) is 5.58 Å². The Balaban J connectivity index is 2.19. The van der Waals surface area contributed by atoms with E-state index in [1.807, 2.05) is 0 Å². The van der Waals surface area contributed by atoms with Crippen LogP contribution in [-0.4, -0.2) is 16.2 Å². The van der Waals surface area contributed by atoms with Crippen molar-refractivity contribution in [2.75, 3.05) is 0 Å². The molecule has 0 spiro atoms. The molecular formula is C16H14O5. The van der Waals surface area contributed by atoms with Gasteiger partial charge in [0, 0.05) is 10.9 Å². The Labute approximate surface area is 119 Å². The highest BCUT2D eigenvalue weighted by atomic mass is 16.4. The van der Waals surface area contributed by atoms with Crippen LogP contribution in [0, 0.1) is 0 Å². The number of phenolic OH excluding ortho intramolecular Hbond substituents is 1. The standard InChI is InChI=1S/C16H14O5/c17-12-10-4-8-20-13(10)11(9-3-7-21-14(9)12)16(15(18)19)5-1-2-6-16/h3-4,7-8,17H,1-2,5-6H2,(H,18,19). The van der Waals surface area contributed by atoms with Gasteiger partial charge < -0.3 is 19.0 Å². The van der Waals surface area contributed by atoms with Crippen LogP contribution < -0.4 is 0 Å². The summed E-state index contributed by atoms with van der Waals surface area (Å²) in [6.45, 7) is 0. The second kappa shape index (κ2) is 4.04. The lowest BCUT2D eigenvalue weighted by molar-refractivity contribution is -0.143. The summed E-state index contributed by atoms with van der Waals surface area (Å²) in [6.07, 6.45) is 5.82. The Hall–Kier alpha value is -2.43. The number of benzene rings is 1. The van der Waals surface area contributed by atoms with Crippen molar-refractivity contribution in [2.45, 2.75) is 31.1 Å². The topological polar surface area (TPSA) is 83.8 Å². The molecule has 4 rings (SSSR count). The zero-order valence-corrected chi connectivity index (χ0v) is 11.3. The van der Waals surface area contributed by atoms with Crippen molar-refractivity contribution >= 4 is 27.9 Å². The van der Waals surface area contributed by atoms with E-state index in [9.17, 15) is 15.0 Å². The monoisotopic (exact) mass is 286 g/mol. The fourth-order valence-electron chi connectivity index (χ4n) is 3.65. The van der Waals surface area contributed by atoms with Crippen LogP contribution in [0.3, 0.4) is 0 Å². The van der Waals surface area contributed by atoms with E-state index in [1.165, 1.54) is 12.5 Å². The van der Waals surface area contributed by atoms with E-state index in [0.29, 0.717) is 40.3 Å². The third kappa shape index (κ3) is 1.43. The molecule has 21 heavy (non-hydrogen) atoms. The molecule has 0 unspecified atom stereocenters. The maximum absolute atomic E-state index is 12.0. The first-order chi connectivity index (χ1) is 10.1. The molecular weight excluding hydrogens is 272 g/mol. The molecule has 1 aromatic carbocycles.